The first kappa shape index (κ1) is 29.6. The molecule has 1 aromatic rings. The molecule has 0 unspecified atom stereocenters. The van der Waals surface area contributed by atoms with Crippen LogP contribution in [0.25, 0.3) is 5.57 Å². The Morgan fingerprint density at radius 3 is 2.21 bits per heavy atom. The van der Waals surface area contributed by atoms with E-state index >= 15 is 0 Å². The Morgan fingerprint density at radius 1 is 0.905 bits per heavy atom. The number of ketones is 1. The van der Waals surface area contributed by atoms with E-state index < -0.39 is 16.8 Å². The molecule has 9 atom stereocenters. The molecule has 0 aliphatic heterocycles. The summed E-state index contributed by atoms with van der Waals surface area (Å²) in [5, 5.41) is 10.6. The van der Waals surface area contributed by atoms with Crippen LogP contribution < -0.4 is 4.74 Å². The van der Waals surface area contributed by atoms with Crippen LogP contribution in [0.4, 0.5) is 0 Å². The Bertz CT molecular complexity index is 1320. The average Bonchev–Trinajstić information content (AvgIpc) is 3.34. The van der Waals surface area contributed by atoms with Crippen LogP contribution in [0.5, 0.6) is 5.75 Å². The Morgan fingerprint density at radius 2 is 1.60 bits per heavy atom. The molecule has 5 aliphatic rings. The Balaban J connectivity index is 1.39. The van der Waals surface area contributed by atoms with Crippen LogP contribution in [0, 0.1) is 62.6 Å². The van der Waals surface area contributed by atoms with Crippen LogP contribution in [-0.2, 0) is 14.4 Å². The van der Waals surface area contributed by atoms with Crippen LogP contribution in [0.2, 0.25) is 0 Å². The first-order valence-electron chi connectivity index (χ1n) is 16.4. The van der Waals surface area contributed by atoms with Gasteiger partial charge in [-0.3, -0.25) is 14.4 Å². The minimum absolute atomic E-state index is 0.0130. The van der Waals surface area contributed by atoms with E-state index in [2.05, 4.69) is 48.5 Å². The lowest BCUT2D eigenvalue weighted by atomic mass is 9.32. The lowest BCUT2D eigenvalue weighted by Gasteiger charge is -2.71. The summed E-state index contributed by atoms with van der Waals surface area (Å²) in [6, 6.07) is 7.52. The molecule has 0 radical (unpaired) electrons. The van der Waals surface area contributed by atoms with Crippen molar-refractivity contribution in [3.05, 3.63) is 35.9 Å². The number of carbonyl (C=O) groups excluding carboxylic acids is 2. The summed E-state index contributed by atoms with van der Waals surface area (Å²) < 4.78 is 5.01. The summed E-state index contributed by atoms with van der Waals surface area (Å²) in [7, 11) is 0. The second kappa shape index (κ2) is 9.53. The number of aliphatic carboxylic acids is 1. The fourth-order valence-electron chi connectivity index (χ4n) is 12.3. The van der Waals surface area contributed by atoms with E-state index in [0.29, 0.717) is 30.0 Å². The molecule has 0 saturated heterocycles. The third kappa shape index (κ3) is 3.63. The first-order chi connectivity index (χ1) is 19.7. The van der Waals surface area contributed by atoms with Crippen LogP contribution in [0.1, 0.15) is 105 Å². The van der Waals surface area contributed by atoms with Crippen molar-refractivity contribution in [1.82, 2.24) is 0 Å². The van der Waals surface area contributed by atoms with Gasteiger partial charge in [0.05, 0.1) is 5.41 Å². The highest BCUT2D eigenvalue weighted by molar-refractivity contribution is 6.04. The number of carboxylic acid groups (broad SMARTS) is 1. The number of rotatable bonds is 5. The SMILES string of the molecule is CC(C)[C@@H]1CC[C@]2(C(=O)O)CC[C@]3(C)[C@H](CC[C@@H]4[C@@]5(C)C(=O)C=C(c6ccc(OC=O)cc6)C(C)(C)[C@@H]5CC[C@]43C)[C@@H]12. The number of allylic oxidation sites excluding steroid dienone is 2. The summed E-state index contributed by atoms with van der Waals surface area (Å²) in [6.45, 7) is 16.9. The van der Waals surface area contributed by atoms with E-state index in [-0.39, 0.29) is 39.8 Å². The second-order valence-electron chi connectivity index (χ2n) is 16.3. The summed E-state index contributed by atoms with van der Waals surface area (Å²) in [4.78, 5) is 38.2. The molecule has 42 heavy (non-hydrogen) atoms. The normalized spacial score (nSPS) is 43.9. The van der Waals surface area contributed by atoms with Crippen molar-refractivity contribution in [2.75, 3.05) is 0 Å². The highest BCUT2D eigenvalue weighted by atomic mass is 16.5. The summed E-state index contributed by atoms with van der Waals surface area (Å²) in [6.07, 6.45) is 9.64. The number of hydrogen-bond acceptors (Lipinski definition) is 4. The Labute approximate surface area is 251 Å². The highest BCUT2D eigenvalue weighted by Crippen LogP contribution is 2.77. The largest absolute Gasteiger partial charge is 0.481 e. The molecule has 228 valence electrons. The number of hydrogen-bond donors (Lipinski definition) is 1. The molecule has 0 spiro atoms. The maximum atomic E-state index is 14.5. The zero-order valence-electron chi connectivity index (χ0n) is 26.7. The number of ether oxygens (including phenoxy) is 1. The smallest absolute Gasteiger partial charge is 0.309 e. The molecule has 5 nitrogen and oxygen atoms in total. The fraction of sp³-hybridized carbons (Fsp3) is 0.703. The van der Waals surface area contributed by atoms with Crippen molar-refractivity contribution < 1.29 is 24.2 Å². The van der Waals surface area contributed by atoms with Gasteiger partial charge in [0, 0.05) is 5.41 Å². The van der Waals surface area contributed by atoms with Gasteiger partial charge in [-0.05, 0) is 132 Å². The number of carboxylic acids is 1. The average molecular weight is 575 g/mol. The van der Waals surface area contributed by atoms with Crippen molar-refractivity contribution in [3.8, 4) is 5.75 Å². The van der Waals surface area contributed by atoms with Crippen molar-refractivity contribution in [2.45, 2.75) is 99.8 Å². The number of fused-ring (bicyclic) bond motifs is 7. The van der Waals surface area contributed by atoms with Gasteiger partial charge in [-0.1, -0.05) is 60.6 Å². The number of benzene rings is 1. The highest BCUT2D eigenvalue weighted by Gasteiger charge is 2.72. The molecule has 1 aromatic carbocycles. The van der Waals surface area contributed by atoms with Gasteiger partial charge in [-0.2, -0.15) is 0 Å². The molecule has 0 bridgehead atoms. The molecule has 4 fully saturated rings. The van der Waals surface area contributed by atoms with Crippen molar-refractivity contribution >= 4 is 23.8 Å². The van der Waals surface area contributed by atoms with E-state index in [1.54, 1.807) is 12.1 Å². The Kier molecular flexibility index (Phi) is 6.73. The fourth-order valence-corrected chi connectivity index (χ4v) is 12.3. The maximum Gasteiger partial charge on any atom is 0.309 e. The minimum atomic E-state index is -0.573. The zero-order valence-corrected chi connectivity index (χ0v) is 26.7. The standard InChI is InChI=1S/C37H50O5/c1-22(2)25-14-17-37(32(40)41)19-18-34(5)26(31(25)37)12-13-29-35(34,6)16-15-28-33(3,4)27(20-30(39)36(28,29)7)23-8-10-24(11-9-23)42-21-38/h8-11,20-22,25-26,28-29,31H,12-19H2,1-7H3,(H,40,41)/t25-,26+,28-,29-,31+,34+,35+,36-,37-/m0/s1. The topological polar surface area (TPSA) is 80.7 Å². The van der Waals surface area contributed by atoms with Gasteiger partial charge in [0.2, 0.25) is 0 Å². The third-order valence-electron chi connectivity index (χ3n) is 14.6. The van der Waals surface area contributed by atoms with Crippen LogP contribution in [0.15, 0.2) is 30.3 Å². The van der Waals surface area contributed by atoms with E-state index in [1.807, 2.05) is 18.2 Å². The molecule has 0 amide bonds. The van der Waals surface area contributed by atoms with Crippen LogP contribution in [0.3, 0.4) is 0 Å². The van der Waals surface area contributed by atoms with Gasteiger partial charge in [0.25, 0.3) is 6.47 Å². The van der Waals surface area contributed by atoms with Gasteiger partial charge in [0.15, 0.2) is 5.78 Å². The molecule has 5 heteroatoms. The monoisotopic (exact) mass is 574 g/mol. The summed E-state index contributed by atoms with van der Waals surface area (Å²) >= 11 is 0. The summed E-state index contributed by atoms with van der Waals surface area (Å²) in [5.74, 6) is 2.25. The lowest BCUT2D eigenvalue weighted by molar-refractivity contribution is -0.226. The zero-order chi connectivity index (χ0) is 30.5. The van der Waals surface area contributed by atoms with E-state index in [4.69, 9.17) is 4.74 Å². The van der Waals surface area contributed by atoms with Crippen LogP contribution >= 0.6 is 0 Å². The number of carbonyl (C=O) groups is 3. The van der Waals surface area contributed by atoms with E-state index in [1.165, 1.54) is 0 Å². The molecule has 1 N–H and O–H groups in total. The third-order valence-corrected chi connectivity index (χ3v) is 14.6. The lowest BCUT2D eigenvalue weighted by Crippen LogP contribution is -2.67. The van der Waals surface area contributed by atoms with Crippen molar-refractivity contribution in [3.63, 3.8) is 0 Å². The van der Waals surface area contributed by atoms with Gasteiger partial charge < -0.3 is 9.84 Å². The minimum Gasteiger partial charge on any atom is -0.481 e. The molecular formula is C37H50O5. The maximum absolute atomic E-state index is 14.5. The van der Waals surface area contributed by atoms with E-state index in [0.717, 1.165) is 62.5 Å². The van der Waals surface area contributed by atoms with Gasteiger partial charge in [-0.15, -0.1) is 0 Å². The Hall–Kier alpha value is -2.43. The first-order valence-corrected chi connectivity index (χ1v) is 16.4. The molecular weight excluding hydrogens is 524 g/mol. The van der Waals surface area contributed by atoms with Crippen molar-refractivity contribution in [1.29, 1.82) is 0 Å². The van der Waals surface area contributed by atoms with Gasteiger partial charge in [0.1, 0.15) is 5.75 Å². The van der Waals surface area contributed by atoms with Crippen molar-refractivity contribution in [2.24, 2.45) is 62.6 Å². The molecule has 0 aromatic heterocycles. The second-order valence-corrected chi connectivity index (χ2v) is 16.3. The molecule has 0 heterocycles. The predicted molar refractivity (Wildman–Crippen MR) is 164 cm³/mol. The summed E-state index contributed by atoms with van der Waals surface area (Å²) in [5.41, 5.74) is 0.864. The van der Waals surface area contributed by atoms with Gasteiger partial charge >= 0.3 is 5.97 Å². The van der Waals surface area contributed by atoms with E-state index in [9.17, 15) is 19.5 Å². The quantitative estimate of drug-likeness (QED) is 0.358. The molecule has 5 aliphatic carbocycles. The van der Waals surface area contributed by atoms with Crippen LogP contribution in [-0.4, -0.2) is 23.3 Å². The molecule has 4 saturated carbocycles. The predicted octanol–water partition coefficient (Wildman–Crippen LogP) is 8.22. The van der Waals surface area contributed by atoms with Gasteiger partial charge in [-0.25, -0.2) is 0 Å². The molecule has 6 rings (SSSR count).